The van der Waals surface area contributed by atoms with Crippen molar-refractivity contribution >= 4 is 11.6 Å². The summed E-state index contributed by atoms with van der Waals surface area (Å²) in [6, 6.07) is 5.69. The molecule has 11 heavy (non-hydrogen) atoms. The molecule has 0 saturated heterocycles. The van der Waals surface area contributed by atoms with Gasteiger partial charge >= 0.3 is 0 Å². The molecule has 1 aliphatic heterocycles. The number of halogens is 1. The second-order valence-corrected chi connectivity index (χ2v) is 2.79. The summed E-state index contributed by atoms with van der Waals surface area (Å²) in [5, 5.41) is 0.613. The Balaban J connectivity index is 2.49. The Morgan fingerprint density at radius 3 is 3.09 bits per heavy atom. The highest BCUT2D eigenvalue weighted by atomic mass is 35.5. The maximum Gasteiger partial charge on any atom is 0.187 e. The zero-order valence-corrected chi connectivity index (χ0v) is 6.60. The van der Waals surface area contributed by atoms with Crippen molar-refractivity contribution in [2.45, 2.75) is 6.42 Å². The Hall–Kier alpha value is -0.730. The molecule has 0 atom stereocenters. The van der Waals surface area contributed by atoms with Gasteiger partial charge in [-0.05, 0) is 6.07 Å². The molecule has 0 unspecified atom stereocenters. The number of benzene rings is 1. The van der Waals surface area contributed by atoms with Crippen LogP contribution in [0.4, 0.5) is 0 Å². The topological polar surface area (TPSA) is 18.5 Å². The maximum atomic E-state index is 5.84. The van der Waals surface area contributed by atoms with Crippen LogP contribution < -0.4 is 4.89 Å². The Labute approximate surface area is 69.6 Å². The van der Waals surface area contributed by atoms with Gasteiger partial charge in [0.05, 0.1) is 11.6 Å². The van der Waals surface area contributed by atoms with Crippen LogP contribution in [0.15, 0.2) is 18.2 Å². The van der Waals surface area contributed by atoms with Crippen LogP contribution in [0.1, 0.15) is 5.56 Å². The van der Waals surface area contributed by atoms with Crippen molar-refractivity contribution in [1.82, 2.24) is 0 Å². The zero-order valence-electron chi connectivity index (χ0n) is 5.84. The average Bonchev–Trinajstić information content (AvgIpc) is 2.06. The molecule has 0 radical (unpaired) electrons. The molecule has 1 aromatic rings. The lowest BCUT2D eigenvalue weighted by Gasteiger charge is -2.15. The van der Waals surface area contributed by atoms with Crippen molar-refractivity contribution in [3.05, 3.63) is 28.8 Å². The lowest BCUT2D eigenvalue weighted by molar-refractivity contribution is -0.215. The highest BCUT2D eigenvalue weighted by molar-refractivity contribution is 6.32. The second-order valence-electron chi connectivity index (χ2n) is 2.38. The van der Waals surface area contributed by atoms with E-state index in [9.17, 15) is 0 Å². The van der Waals surface area contributed by atoms with Gasteiger partial charge in [0.25, 0.3) is 0 Å². The zero-order chi connectivity index (χ0) is 7.68. The predicted molar refractivity (Wildman–Crippen MR) is 41.7 cm³/mol. The van der Waals surface area contributed by atoms with Gasteiger partial charge in [0.2, 0.25) is 0 Å². The molecule has 1 heterocycles. The van der Waals surface area contributed by atoms with Crippen LogP contribution in [-0.4, -0.2) is 6.61 Å². The van der Waals surface area contributed by atoms with Crippen LogP contribution in [0.3, 0.4) is 0 Å². The van der Waals surface area contributed by atoms with Crippen LogP contribution in [0, 0.1) is 0 Å². The van der Waals surface area contributed by atoms with Crippen molar-refractivity contribution in [2.24, 2.45) is 0 Å². The van der Waals surface area contributed by atoms with E-state index < -0.39 is 0 Å². The molecule has 1 aliphatic rings. The van der Waals surface area contributed by atoms with E-state index in [0.29, 0.717) is 17.4 Å². The summed E-state index contributed by atoms with van der Waals surface area (Å²) in [6.45, 7) is 0.605. The smallest absolute Gasteiger partial charge is 0.187 e. The molecule has 58 valence electrons. The first-order valence-corrected chi connectivity index (χ1v) is 3.82. The van der Waals surface area contributed by atoms with Crippen molar-refractivity contribution in [3.8, 4) is 5.75 Å². The standard InChI is InChI=1S/C8H7ClO2/c9-7-3-1-2-6-4-5-10-11-8(6)7/h1-3H,4-5H2. The van der Waals surface area contributed by atoms with Gasteiger partial charge in [-0.2, -0.15) is 4.89 Å². The van der Waals surface area contributed by atoms with Gasteiger partial charge in [-0.3, -0.25) is 0 Å². The molecular formula is C8H7ClO2. The van der Waals surface area contributed by atoms with Crippen molar-refractivity contribution in [3.63, 3.8) is 0 Å². The van der Waals surface area contributed by atoms with Gasteiger partial charge in [0.15, 0.2) is 5.75 Å². The summed E-state index contributed by atoms with van der Waals surface area (Å²) >= 11 is 5.84. The van der Waals surface area contributed by atoms with Gasteiger partial charge in [-0.25, -0.2) is 0 Å². The first kappa shape index (κ1) is 6.95. The SMILES string of the molecule is Clc1cccc2c1OOCC2. The van der Waals surface area contributed by atoms with Crippen molar-refractivity contribution < 1.29 is 9.78 Å². The van der Waals surface area contributed by atoms with E-state index in [-0.39, 0.29) is 0 Å². The number of fused-ring (bicyclic) bond motifs is 1. The molecule has 0 N–H and O–H groups in total. The van der Waals surface area contributed by atoms with E-state index in [0.717, 1.165) is 12.0 Å². The highest BCUT2D eigenvalue weighted by Gasteiger charge is 2.13. The lowest BCUT2D eigenvalue weighted by Crippen LogP contribution is -2.10. The van der Waals surface area contributed by atoms with E-state index in [1.807, 2.05) is 12.1 Å². The second kappa shape index (κ2) is 2.72. The largest absolute Gasteiger partial charge is 0.336 e. The quantitative estimate of drug-likeness (QED) is 0.556. The lowest BCUT2D eigenvalue weighted by atomic mass is 10.1. The van der Waals surface area contributed by atoms with Crippen LogP contribution in [-0.2, 0) is 11.3 Å². The molecular weight excluding hydrogens is 164 g/mol. The summed E-state index contributed by atoms with van der Waals surface area (Å²) in [4.78, 5) is 9.71. The molecule has 2 rings (SSSR count). The van der Waals surface area contributed by atoms with E-state index >= 15 is 0 Å². The number of rotatable bonds is 0. The Morgan fingerprint density at radius 2 is 2.27 bits per heavy atom. The summed E-state index contributed by atoms with van der Waals surface area (Å²) in [5.74, 6) is 0.667. The first-order chi connectivity index (χ1) is 5.38. The maximum absolute atomic E-state index is 5.84. The average molecular weight is 171 g/mol. The summed E-state index contributed by atoms with van der Waals surface area (Å²) in [7, 11) is 0. The monoisotopic (exact) mass is 170 g/mol. The minimum Gasteiger partial charge on any atom is -0.336 e. The highest BCUT2D eigenvalue weighted by Crippen LogP contribution is 2.31. The van der Waals surface area contributed by atoms with Crippen molar-refractivity contribution in [2.75, 3.05) is 6.61 Å². The van der Waals surface area contributed by atoms with E-state index in [1.165, 1.54) is 0 Å². The Bertz CT molecular complexity index is 273. The fourth-order valence-electron chi connectivity index (χ4n) is 1.10. The molecule has 0 aromatic heterocycles. The van der Waals surface area contributed by atoms with Gasteiger partial charge in [-0.1, -0.05) is 23.7 Å². The molecule has 0 spiro atoms. The van der Waals surface area contributed by atoms with Crippen LogP contribution in [0.2, 0.25) is 5.02 Å². The molecule has 2 nitrogen and oxygen atoms in total. The van der Waals surface area contributed by atoms with E-state index in [1.54, 1.807) is 6.07 Å². The third-order valence-electron chi connectivity index (χ3n) is 1.65. The minimum absolute atomic E-state index is 0.605. The number of hydrogen-bond donors (Lipinski definition) is 0. The summed E-state index contributed by atoms with van der Waals surface area (Å²) in [5.41, 5.74) is 1.11. The first-order valence-electron chi connectivity index (χ1n) is 3.45. The predicted octanol–water partition coefficient (Wildman–Crippen LogP) is 2.21. The van der Waals surface area contributed by atoms with Gasteiger partial charge in [0.1, 0.15) is 0 Å². The van der Waals surface area contributed by atoms with Crippen LogP contribution in [0.5, 0.6) is 5.75 Å². The Morgan fingerprint density at radius 1 is 1.36 bits per heavy atom. The normalized spacial score (nSPS) is 15.4. The van der Waals surface area contributed by atoms with E-state index in [4.69, 9.17) is 21.4 Å². The van der Waals surface area contributed by atoms with Gasteiger partial charge < -0.3 is 4.89 Å². The molecule has 0 bridgehead atoms. The molecule has 0 fully saturated rings. The summed E-state index contributed by atoms with van der Waals surface area (Å²) < 4.78 is 0. The number of hydrogen-bond acceptors (Lipinski definition) is 2. The van der Waals surface area contributed by atoms with Gasteiger partial charge in [-0.15, -0.1) is 0 Å². The fraction of sp³-hybridized carbons (Fsp3) is 0.250. The minimum atomic E-state index is 0.605. The van der Waals surface area contributed by atoms with Crippen LogP contribution in [0.25, 0.3) is 0 Å². The fourth-order valence-corrected chi connectivity index (χ4v) is 1.32. The molecule has 1 aromatic carbocycles. The van der Waals surface area contributed by atoms with Gasteiger partial charge in [0, 0.05) is 12.0 Å². The van der Waals surface area contributed by atoms with Crippen LogP contribution >= 0.6 is 11.6 Å². The third kappa shape index (κ3) is 1.19. The molecule has 3 heteroatoms. The molecule has 0 amide bonds. The van der Waals surface area contributed by atoms with E-state index in [2.05, 4.69) is 0 Å². The summed E-state index contributed by atoms with van der Waals surface area (Å²) in [6.07, 6.45) is 0.871. The molecule has 0 saturated carbocycles. The van der Waals surface area contributed by atoms with Crippen molar-refractivity contribution in [1.29, 1.82) is 0 Å². The Kier molecular flexibility index (Phi) is 1.72. The third-order valence-corrected chi connectivity index (χ3v) is 1.94. The number of para-hydroxylation sites is 1. The molecule has 0 aliphatic carbocycles.